The van der Waals surface area contributed by atoms with Crippen LogP contribution < -0.4 is 4.74 Å². The quantitative estimate of drug-likeness (QED) is 0.701. The van der Waals surface area contributed by atoms with Gasteiger partial charge in [0.25, 0.3) is 0 Å². The SMILES string of the molecule is Cc1ccc(OC(F)F)c(O)c1O. The zero-order chi connectivity index (χ0) is 10.0. The predicted octanol–water partition coefficient (Wildman–Crippen LogP) is 2.01. The molecule has 0 aliphatic heterocycles. The van der Waals surface area contributed by atoms with Crippen molar-refractivity contribution in [2.45, 2.75) is 13.5 Å². The molecule has 0 aliphatic carbocycles. The lowest BCUT2D eigenvalue weighted by atomic mass is 10.2. The number of hydrogen-bond donors (Lipinski definition) is 2. The Balaban J connectivity index is 3.04. The molecule has 5 heteroatoms. The Morgan fingerprint density at radius 2 is 1.85 bits per heavy atom. The first-order valence-electron chi connectivity index (χ1n) is 3.48. The van der Waals surface area contributed by atoms with Gasteiger partial charge in [-0.3, -0.25) is 0 Å². The molecule has 0 radical (unpaired) electrons. The van der Waals surface area contributed by atoms with Crippen molar-refractivity contribution < 1.29 is 23.7 Å². The lowest BCUT2D eigenvalue weighted by molar-refractivity contribution is -0.0513. The Hall–Kier alpha value is -1.52. The number of alkyl halides is 2. The minimum Gasteiger partial charge on any atom is -0.504 e. The molecule has 0 aliphatic rings. The molecule has 1 aromatic rings. The van der Waals surface area contributed by atoms with Gasteiger partial charge in [-0.1, -0.05) is 6.07 Å². The van der Waals surface area contributed by atoms with E-state index in [-0.39, 0.29) is 0 Å². The van der Waals surface area contributed by atoms with Crippen molar-refractivity contribution in [3.8, 4) is 17.2 Å². The second-order valence-corrected chi connectivity index (χ2v) is 2.46. The first-order chi connectivity index (χ1) is 6.02. The molecule has 0 spiro atoms. The molecule has 3 nitrogen and oxygen atoms in total. The molecule has 0 fully saturated rings. The van der Waals surface area contributed by atoms with Crippen molar-refractivity contribution >= 4 is 0 Å². The van der Waals surface area contributed by atoms with E-state index in [4.69, 9.17) is 10.2 Å². The molecular formula is C8H8F2O3. The summed E-state index contributed by atoms with van der Waals surface area (Å²) in [5.41, 5.74) is 0.388. The average Bonchev–Trinajstić information content (AvgIpc) is 2.06. The van der Waals surface area contributed by atoms with Crippen molar-refractivity contribution in [1.29, 1.82) is 0 Å². The highest BCUT2D eigenvalue weighted by Crippen LogP contribution is 2.38. The van der Waals surface area contributed by atoms with Gasteiger partial charge in [0.05, 0.1) is 0 Å². The Bertz CT molecular complexity index is 313. The molecule has 2 N–H and O–H groups in total. The van der Waals surface area contributed by atoms with Gasteiger partial charge in [0.15, 0.2) is 11.5 Å². The number of aromatic hydroxyl groups is 2. The number of benzene rings is 1. The van der Waals surface area contributed by atoms with Crippen LogP contribution in [-0.4, -0.2) is 16.8 Å². The Morgan fingerprint density at radius 3 is 2.38 bits per heavy atom. The maximum absolute atomic E-state index is 11.7. The van der Waals surface area contributed by atoms with Gasteiger partial charge < -0.3 is 14.9 Å². The minimum atomic E-state index is -3.02. The summed E-state index contributed by atoms with van der Waals surface area (Å²) in [5.74, 6) is -1.54. The monoisotopic (exact) mass is 190 g/mol. The Kier molecular flexibility index (Phi) is 2.55. The number of halogens is 2. The van der Waals surface area contributed by atoms with E-state index >= 15 is 0 Å². The van der Waals surface area contributed by atoms with Gasteiger partial charge >= 0.3 is 6.61 Å². The zero-order valence-corrected chi connectivity index (χ0v) is 6.79. The topological polar surface area (TPSA) is 49.7 Å². The lowest BCUT2D eigenvalue weighted by Gasteiger charge is -2.08. The lowest BCUT2D eigenvalue weighted by Crippen LogP contribution is -2.02. The first kappa shape index (κ1) is 9.57. The minimum absolute atomic E-state index is 0.388. The summed E-state index contributed by atoms with van der Waals surface area (Å²) in [7, 11) is 0. The molecule has 1 aromatic carbocycles. The van der Waals surface area contributed by atoms with Gasteiger partial charge in [-0.05, 0) is 18.6 Å². The molecule has 0 atom stereocenters. The number of aryl methyl sites for hydroxylation is 1. The molecule has 0 saturated carbocycles. The molecule has 0 unspecified atom stereocenters. The van der Waals surface area contributed by atoms with Gasteiger partial charge in [-0.15, -0.1) is 0 Å². The van der Waals surface area contributed by atoms with Crippen LogP contribution in [0.5, 0.6) is 17.2 Å². The fourth-order valence-corrected chi connectivity index (χ4v) is 0.853. The van der Waals surface area contributed by atoms with Crippen molar-refractivity contribution in [3.05, 3.63) is 17.7 Å². The molecule has 0 amide bonds. The third kappa shape index (κ3) is 1.99. The van der Waals surface area contributed by atoms with Crippen LogP contribution in [-0.2, 0) is 0 Å². The van der Waals surface area contributed by atoms with E-state index in [2.05, 4.69) is 4.74 Å². The van der Waals surface area contributed by atoms with E-state index in [1.807, 2.05) is 0 Å². The van der Waals surface area contributed by atoms with Crippen LogP contribution in [0, 0.1) is 6.92 Å². The van der Waals surface area contributed by atoms with Gasteiger partial charge in [-0.25, -0.2) is 0 Å². The molecule has 0 heterocycles. The highest BCUT2D eigenvalue weighted by atomic mass is 19.3. The van der Waals surface area contributed by atoms with E-state index in [1.165, 1.54) is 13.0 Å². The van der Waals surface area contributed by atoms with E-state index in [0.717, 1.165) is 6.07 Å². The van der Waals surface area contributed by atoms with Gasteiger partial charge in [-0.2, -0.15) is 8.78 Å². The Labute approximate surface area is 73.2 Å². The predicted molar refractivity (Wildman–Crippen MR) is 41.1 cm³/mol. The number of rotatable bonds is 2. The van der Waals surface area contributed by atoms with Crippen LogP contribution in [0.3, 0.4) is 0 Å². The fourth-order valence-electron chi connectivity index (χ4n) is 0.853. The molecule has 13 heavy (non-hydrogen) atoms. The summed E-state index contributed by atoms with van der Waals surface area (Å²) in [5, 5.41) is 18.2. The number of hydrogen-bond acceptors (Lipinski definition) is 3. The van der Waals surface area contributed by atoms with Crippen LogP contribution in [0.25, 0.3) is 0 Å². The van der Waals surface area contributed by atoms with Gasteiger partial charge in [0.1, 0.15) is 0 Å². The highest BCUT2D eigenvalue weighted by Gasteiger charge is 2.13. The van der Waals surface area contributed by atoms with Crippen LogP contribution in [0.4, 0.5) is 8.78 Å². The Morgan fingerprint density at radius 1 is 1.23 bits per heavy atom. The molecule has 0 saturated heterocycles. The summed E-state index contributed by atoms with van der Waals surface area (Å²) in [6, 6.07) is 2.53. The van der Waals surface area contributed by atoms with Crippen LogP contribution in [0.1, 0.15) is 5.56 Å². The summed E-state index contributed by atoms with van der Waals surface area (Å²) >= 11 is 0. The largest absolute Gasteiger partial charge is 0.504 e. The molecule has 0 bridgehead atoms. The molecule has 1 rings (SSSR count). The van der Waals surface area contributed by atoms with Crippen molar-refractivity contribution in [2.24, 2.45) is 0 Å². The van der Waals surface area contributed by atoms with E-state index in [9.17, 15) is 8.78 Å². The first-order valence-corrected chi connectivity index (χ1v) is 3.48. The average molecular weight is 190 g/mol. The van der Waals surface area contributed by atoms with Gasteiger partial charge in [0, 0.05) is 0 Å². The summed E-state index contributed by atoms with van der Waals surface area (Å²) < 4.78 is 27.4. The zero-order valence-electron chi connectivity index (χ0n) is 6.79. The third-order valence-electron chi connectivity index (χ3n) is 1.53. The standard InChI is InChI=1S/C8H8F2O3/c1-4-2-3-5(13-8(9)10)7(12)6(4)11/h2-3,8,11-12H,1H3. The van der Waals surface area contributed by atoms with Crippen LogP contribution >= 0.6 is 0 Å². The van der Waals surface area contributed by atoms with E-state index in [0.29, 0.717) is 5.56 Å². The number of phenols is 2. The summed E-state index contributed by atoms with van der Waals surface area (Å²) in [4.78, 5) is 0. The maximum Gasteiger partial charge on any atom is 0.387 e. The van der Waals surface area contributed by atoms with Crippen molar-refractivity contribution in [2.75, 3.05) is 0 Å². The summed E-state index contributed by atoms with van der Waals surface area (Å²) in [6.07, 6.45) is 0. The maximum atomic E-state index is 11.7. The van der Waals surface area contributed by atoms with E-state index < -0.39 is 23.9 Å². The van der Waals surface area contributed by atoms with Crippen LogP contribution in [0.15, 0.2) is 12.1 Å². The second kappa shape index (κ2) is 3.47. The number of phenolic OH excluding ortho intramolecular Hbond substituents is 2. The normalized spacial score (nSPS) is 10.5. The van der Waals surface area contributed by atoms with Crippen LogP contribution in [0.2, 0.25) is 0 Å². The molecular weight excluding hydrogens is 182 g/mol. The van der Waals surface area contributed by atoms with E-state index in [1.54, 1.807) is 0 Å². The fraction of sp³-hybridized carbons (Fsp3) is 0.250. The van der Waals surface area contributed by atoms with Crippen molar-refractivity contribution in [3.63, 3.8) is 0 Å². The number of ether oxygens (including phenoxy) is 1. The molecule has 0 aromatic heterocycles. The second-order valence-electron chi connectivity index (χ2n) is 2.46. The third-order valence-corrected chi connectivity index (χ3v) is 1.53. The van der Waals surface area contributed by atoms with Crippen molar-refractivity contribution in [1.82, 2.24) is 0 Å². The smallest absolute Gasteiger partial charge is 0.387 e. The molecule has 72 valence electrons. The highest BCUT2D eigenvalue weighted by molar-refractivity contribution is 5.53. The summed E-state index contributed by atoms with van der Waals surface area (Å²) in [6.45, 7) is -1.49. The van der Waals surface area contributed by atoms with Gasteiger partial charge in [0.2, 0.25) is 5.75 Å².